The van der Waals surface area contributed by atoms with Gasteiger partial charge in [0.25, 0.3) is 0 Å². The summed E-state index contributed by atoms with van der Waals surface area (Å²) in [5.41, 5.74) is 6.26. The van der Waals surface area contributed by atoms with Gasteiger partial charge in [-0.2, -0.15) is 0 Å². The van der Waals surface area contributed by atoms with Crippen LogP contribution in [0.5, 0.6) is 5.75 Å². The van der Waals surface area contributed by atoms with E-state index in [1.807, 2.05) is 31.2 Å². The van der Waals surface area contributed by atoms with E-state index >= 15 is 0 Å². The molecule has 1 aliphatic carbocycles. The van der Waals surface area contributed by atoms with Gasteiger partial charge < -0.3 is 15.6 Å². The Labute approximate surface area is 103 Å². The molecule has 0 bridgehead atoms. The number of aliphatic hydroxyl groups is 1. The molecule has 0 radical (unpaired) electrons. The first kappa shape index (κ1) is 12.4. The van der Waals surface area contributed by atoms with E-state index in [2.05, 4.69) is 0 Å². The van der Waals surface area contributed by atoms with Crippen LogP contribution in [0.25, 0.3) is 0 Å². The highest BCUT2D eigenvalue weighted by atomic mass is 16.5. The van der Waals surface area contributed by atoms with E-state index in [-0.39, 0.29) is 6.04 Å². The monoisotopic (exact) mass is 235 g/mol. The number of hydrogen-bond acceptors (Lipinski definition) is 3. The van der Waals surface area contributed by atoms with Gasteiger partial charge >= 0.3 is 0 Å². The topological polar surface area (TPSA) is 55.5 Å². The number of benzene rings is 1. The summed E-state index contributed by atoms with van der Waals surface area (Å²) in [7, 11) is 0. The molecule has 0 saturated heterocycles. The van der Waals surface area contributed by atoms with Gasteiger partial charge in [0, 0.05) is 6.04 Å². The van der Waals surface area contributed by atoms with Crippen molar-refractivity contribution in [1.82, 2.24) is 0 Å². The highest BCUT2D eigenvalue weighted by Gasteiger charge is 2.31. The van der Waals surface area contributed by atoms with Crippen molar-refractivity contribution < 1.29 is 9.84 Å². The fourth-order valence-corrected chi connectivity index (χ4v) is 2.26. The summed E-state index contributed by atoms with van der Waals surface area (Å²) in [6.45, 7) is 2.35. The van der Waals surface area contributed by atoms with E-state index < -0.39 is 5.60 Å². The van der Waals surface area contributed by atoms with Gasteiger partial charge in [0.15, 0.2) is 0 Å². The molecule has 2 rings (SSSR count). The third kappa shape index (κ3) is 3.20. The summed E-state index contributed by atoms with van der Waals surface area (Å²) in [6.07, 6.45) is 3.91. The van der Waals surface area contributed by atoms with Crippen molar-refractivity contribution in [2.24, 2.45) is 5.73 Å². The average molecular weight is 235 g/mol. The highest BCUT2D eigenvalue weighted by molar-refractivity contribution is 5.28. The lowest BCUT2D eigenvalue weighted by Crippen LogP contribution is -2.32. The first-order chi connectivity index (χ1) is 8.09. The largest absolute Gasteiger partial charge is 0.491 e. The molecule has 3 nitrogen and oxygen atoms in total. The molecule has 0 aromatic heterocycles. The van der Waals surface area contributed by atoms with Crippen LogP contribution >= 0.6 is 0 Å². The van der Waals surface area contributed by atoms with Gasteiger partial charge in [0.2, 0.25) is 0 Å². The standard InChI is InChI=1S/C14H21NO2/c1-11(15)12-4-6-13(7-5-12)17-10-14(16)8-2-3-9-14/h4-7,11,16H,2-3,8-10,15H2,1H3/t11-/m1/s1. The van der Waals surface area contributed by atoms with Gasteiger partial charge in [-0.05, 0) is 37.5 Å². The zero-order chi connectivity index (χ0) is 12.3. The van der Waals surface area contributed by atoms with Crippen molar-refractivity contribution in [3.63, 3.8) is 0 Å². The second-order valence-electron chi connectivity index (χ2n) is 5.08. The summed E-state index contributed by atoms with van der Waals surface area (Å²) in [4.78, 5) is 0. The Kier molecular flexibility index (Phi) is 3.69. The normalized spacial score (nSPS) is 20.2. The second-order valence-corrected chi connectivity index (χ2v) is 5.08. The van der Waals surface area contributed by atoms with Crippen LogP contribution < -0.4 is 10.5 Å². The second kappa shape index (κ2) is 5.07. The predicted molar refractivity (Wildman–Crippen MR) is 68.0 cm³/mol. The minimum atomic E-state index is -0.611. The van der Waals surface area contributed by atoms with Crippen LogP contribution in [0.1, 0.15) is 44.2 Å². The van der Waals surface area contributed by atoms with Gasteiger partial charge in [-0.1, -0.05) is 25.0 Å². The molecule has 1 saturated carbocycles. The average Bonchev–Trinajstić information content (AvgIpc) is 2.75. The van der Waals surface area contributed by atoms with Crippen LogP contribution in [-0.4, -0.2) is 17.3 Å². The third-order valence-corrected chi connectivity index (χ3v) is 3.45. The summed E-state index contributed by atoms with van der Waals surface area (Å²) in [5, 5.41) is 10.2. The lowest BCUT2D eigenvalue weighted by Gasteiger charge is -2.22. The number of hydrogen-bond donors (Lipinski definition) is 2. The van der Waals surface area contributed by atoms with Gasteiger partial charge in [0.1, 0.15) is 12.4 Å². The minimum absolute atomic E-state index is 0.0445. The third-order valence-electron chi connectivity index (χ3n) is 3.45. The summed E-state index contributed by atoms with van der Waals surface area (Å²) in [5.74, 6) is 0.801. The van der Waals surface area contributed by atoms with Gasteiger partial charge in [0.05, 0.1) is 5.60 Å². The van der Waals surface area contributed by atoms with Crippen molar-refractivity contribution in [2.45, 2.75) is 44.2 Å². The SMILES string of the molecule is C[C@@H](N)c1ccc(OCC2(O)CCCC2)cc1. The maximum atomic E-state index is 10.2. The number of rotatable bonds is 4. The van der Waals surface area contributed by atoms with Gasteiger partial charge in [-0.25, -0.2) is 0 Å². The number of nitrogens with two attached hydrogens (primary N) is 1. The molecular formula is C14H21NO2. The van der Waals surface area contributed by atoms with E-state index in [0.717, 1.165) is 37.0 Å². The molecule has 0 heterocycles. The van der Waals surface area contributed by atoms with Crippen molar-refractivity contribution in [3.8, 4) is 5.75 Å². The maximum absolute atomic E-state index is 10.2. The molecule has 17 heavy (non-hydrogen) atoms. The van der Waals surface area contributed by atoms with Crippen LogP contribution in [0, 0.1) is 0 Å². The zero-order valence-electron chi connectivity index (χ0n) is 10.4. The molecule has 1 aromatic carbocycles. The molecule has 0 spiro atoms. The summed E-state index contributed by atoms with van der Waals surface area (Å²) < 4.78 is 5.64. The first-order valence-electron chi connectivity index (χ1n) is 6.30. The summed E-state index contributed by atoms with van der Waals surface area (Å²) >= 11 is 0. The van der Waals surface area contributed by atoms with Gasteiger partial charge in [-0.3, -0.25) is 0 Å². The van der Waals surface area contributed by atoms with Crippen molar-refractivity contribution in [2.75, 3.05) is 6.61 Å². The Morgan fingerprint density at radius 2 is 1.88 bits per heavy atom. The lowest BCUT2D eigenvalue weighted by molar-refractivity contribution is 0.00140. The van der Waals surface area contributed by atoms with Crippen LogP contribution in [-0.2, 0) is 0 Å². The van der Waals surface area contributed by atoms with E-state index in [0.29, 0.717) is 6.61 Å². The number of ether oxygens (including phenoxy) is 1. The molecule has 3 heteroatoms. The Bertz CT molecular complexity index is 353. The molecule has 0 unspecified atom stereocenters. The molecule has 1 fully saturated rings. The zero-order valence-corrected chi connectivity index (χ0v) is 10.4. The van der Waals surface area contributed by atoms with Crippen molar-refractivity contribution in [3.05, 3.63) is 29.8 Å². The lowest BCUT2D eigenvalue weighted by atomic mass is 10.0. The predicted octanol–water partition coefficient (Wildman–Crippen LogP) is 2.39. The smallest absolute Gasteiger partial charge is 0.119 e. The van der Waals surface area contributed by atoms with Crippen molar-refractivity contribution >= 4 is 0 Å². The van der Waals surface area contributed by atoms with Crippen LogP contribution in [0.15, 0.2) is 24.3 Å². The van der Waals surface area contributed by atoms with E-state index in [1.54, 1.807) is 0 Å². The molecule has 1 aromatic rings. The van der Waals surface area contributed by atoms with Crippen molar-refractivity contribution in [1.29, 1.82) is 0 Å². The quantitative estimate of drug-likeness (QED) is 0.842. The van der Waals surface area contributed by atoms with E-state index in [1.165, 1.54) is 0 Å². The van der Waals surface area contributed by atoms with Gasteiger partial charge in [-0.15, -0.1) is 0 Å². The Morgan fingerprint density at radius 3 is 2.41 bits per heavy atom. The Morgan fingerprint density at radius 1 is 1.29 bits per heavy atom. The fourth-order valence-electron chi connectivity index (χ4n) is 2.26. The Balaban J connectivity index is 1.90. The first-order valence-corrected chi connectivity index (χ1v) is 6.30. The Hall–Kier alpha value is -1.06. The highest BCUT2D eigenvalue weighted by Crippen LogP contribution is 2.30. The van der Waals surface area contributed by atoms with Crippen LogP contribution in [0.4, 0.5) is 0 Å². The molecule has 1 aliphatic rings. The molecule has 0 amide bonds. The minimum Gasteiger partial charge on any atom is -0.491 e. The molecule has 94 valence electrons. The molecule has 3 N–H and O–H groups in total. The fraction of sp³-hybridized carbons (Fsp3) is 0.571. The maximum Gasteiger partial charge on any atom is 0.119 e. The van der Waals surface area contributed by atoms with E-state index in [9.17, 15) is 5.11 Å². The van der Waals surface area contributed by atoms with E-state index in [4.69, 9.17) is 10.5 Å². The summed E-state index contributed by atoms with van der Waals surface area (Å²) in [6, 6.07) is 7.81. The molecular weight excluding hydrogens is 214 g/mol. The molecule has 0 aliphatic heterocycles. The van der Waals surface area contributed by atoms with Crippen LogP contribution in [0.3, 0.4) is 0 Å². The van der Waals surface area contributed by atoms with Crippen LogP contribution in [0.2, 0.25) is 0 Å². The molecule has 1 atom stereocenters.